The minimum atomic E-state index is -3.73. The molecule has 1 aliphatic carbocycles. The van der Waals surface area contributed by atoms with Crippen molar-refractivity contribution in [3.63, 3.8) is 0 Å². The molecule has 1 heterocycles. The van der Waals surface area contributed by atoms with Crippen molar-refractivity contribution in [2.75, 3.05) is 12.9 Å². The number of aromatic nitrogens is 1. The van der Waals surface area contributed by atoms with Crippen molar-refractivity contribution in [1.29, 1.82) is 0 Å². The number of carbonyl (C=O) groups is 1. The molecule has 172 valence electrons. The average molecular weight is 471 g/mol. The number of amides is 1. The van der Waals surface area contributed by atoms with Crippen LogP contribution in [0.3, 0.4) is 0 Å². The van der Waals surface area contributed by atoms with Crippen LogP contribution in [-0.2, 0) is 16.6 Å². The van der Waals surface area contributed by atoms with E-state index < -0.39 is 21.7 Å². The van der Waals surface area contributed by atoms with E-state index in [0.717, 1.165) is 29.3 Å². The summed E-state index contributed by atoms with van der Waals surface area (Å²) in [7, 11) is -3.73. The molecule has 0 atom stereocenters. The Bertz CT molecular complexity index is 1280. The van der Waals surface area contributed by atoms with E-state index in [1.54, 1.807) is 23.1 Å². The topological polar surface area (TPSA) is 94.6 Å². The fraction of sp³-hybridized carbons (Fsp3) is 0.250. The van der Waals surface area contributed by atoms with Crippen LogP contribution in [0, 0.1) is 11.7 Å². The van der Waals surface area contributed by atoms with Crippen LogP contribution in [-0.4, -0.2) is 32.2 Å². The van der Waals surface area contributed by atoms with Gasteiger partial charge >= 0.3 is 0 Å². The minimum Gasteiger partial charge on any atom is -0.493 e. The van der Waals surface area contributed by atoms with Crippen molar-refractivity contribution < 1.29 is 27.1 Å². The van der Waals surface area contributed by atoms with E-state index in [1.165, 1.54) is 25.0 Å². The van der Waals surface area contributed by atoms with E-state index in [0.29, 0.717) is 18.3 Å². The molecular formula is C24H23FN2O5S. The molecule has 1 aromatic heterocycles. The zero-order chi connectivity index (χ0) is 23.4. The van der Waals surface area contributed by atoms with Gasteiger partial charge in [-0.3, -0.25) is 9.78 Å². The van der Waals surface area contributed by atoms with Crippen LogP contribution in [0.25, 0.3) is 11.3 Å². The summed E-state index contributed by atoms with van der Waals surface area (Å²) in [5, 5.41) is 0. The average Bonchev–Trinajstić information content (AvgIpc) is 3.61. The molecule has 0 bridgehead atoms. The number of benzene rings is 2. The van der Waals surface area contributed by atoms with Gasteiger partial charge in [0.05, 0.1) is 18.6 Å². The third-order valence-corrected chi connectivity index (χ3v) is 5.59. The summed E-state index contributed by atoms with van der Waals surface area (Å²) in [4.78, 5) is 16.3. The molecule has 1 aliphatic rings. The summed E-state index contributed by atoms with van der Waals surface area (Å²) in [6.07, 6.45) is 4.98. The number of carbonyl (C=O) groups excluding carboxylic acids is 1. The predicted octanol–water partition coefficient (Wildman–Crippen LogP) is 3.94. The highest BCUT2D eigenvalue weighted by Gasteiger charge is 2.22. The van der Waals surface area contributed by atoms with Crippen molar-refractivity contribution in [2.24, 2.45) is 5.92 Å². The standard InChI is InChI=1S/C24H23FN2O5S/c1-33(29,30)27-24(28)18-7-8-19(22(25)12-18)15-32-20-4-2-3-17(11-20)23-13-21(9-10-26-23)31-14-16-5-6-16/h2-4,7-13,16H,5-6,14-15H2,1H3,(H,27,28). The highest BCUT2D eigenvalue weighted by Crippen LogP contribution is 2.30. The van der Waals surface area contributed by atoms with Crippen molar-refractivity contribution in [1.82, 2.24) is 9.71 Å². The first-order valence-corrected chi connectivity index (χ1v) is 12.3. The minimum absolute atomic E-state index is 0.0682. The molecule has 1 saturated carbocycles. The largest absolute Gasteiger partial charge is 0.493 e. The lowest BCUT2D eigenvalue weighted by Gasteiger charge is -2.11. The first kappa shape index (κ1) is 22.7. The monoisotopic (exact) mass is 470 g/mol. The molecule has 2 aromatic carbocycles. The summed E-state index contributed by atoms with van der Waals surface area (Å²) in [5.41, 5.74) is 1.70. The van der Waals surface area contributed by atoms with Crippen molar-refractivity contribution in [3.05, 3.63) is 77.7 Å². The maximum absolute atomic E-state index is 14.4. The second-order valence-corrected chi connectivity index (χ2v) is 9.71. The van der Waals surface area contributed by atoms with Crippen molar-refractivity contribution in [3.8, 4) is 22.8 Å². The number of nitrogens with one attached hydrogen (secondary N) is 1. The van der Waals surface area contributed by atoms with Gasteiger partial charge in [-0.05, 0) is 49.1 Å². The second kappa shape index (κ2) is 9.58. The second-order valence-electron chi connectivity index (χ2n) is 7.96. The van der Waals surface area contributed by atoms with Crippen LogP contribution < -0.4 is 14.2 Å². The molecule has 0 aliphatic heterocycles. The van der Waals surface area contributed by atoms with Gasteiger partial charge in [0.15, 0.2) is 0 Å². The Balaban J connectivity index is 1.42. The third-order valence-electron chi connectivity index (χ3n) is 5.03. The molecule has 4 rings (SSSR count). The smallest absolute Gasteiger partial charge is 0.264 e. The summed E-state index contributed by atoms with van der Waals surface area (Å²) < 4.78 is 50.2. The zero-order valence-corrected chi connectivity index (χ0v) is 18.8. The first-order chi connectivity index (χ1) is 15.8. The Kier molecular flexibility index (Phi) is 6.60. The number of nitrogens with zero attached hydrogens (tertiary/aromatic N) is 1. The summed E-state index contributed by atoms with van der Waals surface area (Å²) >= 11 is 0. The maximum atomic E-state index is 14.4. The quantitative estimate of drug-likeness (QED) is 0.509. The SMILES string of the molecule is CS(=O)(=O)NC(=O)c1ccc(COc2cccc(-c3cc(OCC4CC4)ccn3)c2)c(F)c1. The Hall–Kier alpha value is -3.46. The van der Waals surface area contributed by atoms with Gasteiger partial charge in [0.1, 0.15) is 23.9 Å². The number of sulfonamides is 1. The van der Waals surface area contributed by atoms with Gasteiger partial charge in [0, 0.05) is 29.0 Å². The van der Waals surface area contributed by atoms with Crippen LogP contribution in [0.5, 0.6) is 11.5 Å². The van der Waals surface area contributed by atoms with Crippen LogP contribution in [0.4, 0.5) is 4.39 Å². The summed E-state index contributed by atoms with van der Waals surface area (Å²) in [6.45, 7) is 0.647. The van der Waals surface area contributed by atoms with E-state index in [1.807, 2.05) is 24.3 Å². The molecule has 7 nitrogen and oxygen atoms in total. The number of halogens is 1. The van der Waals surface area contributed by atoms with Gasteiger partial charge in [-0.2, -0.15) is 0 Å². The summed E-state index contributed by atoms with van der Waals surface area (Å²) in [6, 6.07) is 14.7. The fourth-order valence-corrected chi connectivity index (χ4v) is 3.55. The van der Waals surface area contributed by atoms with Crippen molar-refractivity contribution >= 4 is 15.9 Å². The molecule has 3 aromatic rings. The maximum Gasteiger partial charge on any atom is 0.264 e. The highest BCUT2D eigenvalue weighted by molar-refractivity contribution is 7.89. The molecule has 33 heavy (non-hydrogen) atoms. The molecule has 9 heteroatoms. The predicted molar refractivity (Wildman–Crippen MR) is 121 cm³/mol. The Labute approximate surface area is 191 Å². The van der Waals surface area contributed by atoms with Crippen molar-refractivity contribution in [2.45, 2.75) is 19.4 Å². The lowest BCUT2D eigenvalue weighted by Crippen LogP contribution is -2.29. The van der Waals surface area contributed by atoms with E-state index in [2.05, 4.69) is 4.98 Å². The van der Waals surface area contributed by atoms with E-state index in [9.17, 15) is 17.6 Å². The van der Waals surface area contributed by atoms with Gasteiger partial charge < -0.3 is 9.47 Å². The summed E-state index contributed by atoms with van der Waals surface area (Å²) in [5.74, 6) is 0.376. The molecule has 0 saturated heterocycles. The molecule has 0 spiro atoms. The highest BCUT2D eigenvalue weighted by atomic mass is 32.2. The van der Waals surface area contributed by atoms with Gasteiger partial charge in [-0.15, -0.1) is 0 Å². The molecular weight excluding hydrogens is 447 g/mol. The van der Waals surface area contributed by atoms with E-state index in [-0.39, 0.29) is 17.7 Å². The Morgan fingerprint density at radius 1 is 1.09 bits per heavy atom. The van der Waals surface area contributed by atoms with Gasteiger partial charge in [0.25, 0.3) is 5.91 Å². The van der Waals surface area contributed by atoms with Crippen LogP contribution in [0.2, 0.25) is 0 Å². The van der Waals surface area contributed by atoms with Crippen LogP contribution in [0.1, 0.15) is 28.8 Å². The van der Waals surface area contributed by atoms with E-state index in [4.69, 9.17) is 9.47 Å². The number of pyridine rings is 1. The number of hydrogen-bond donors (Lipinski definition) is 1. The van der Waals surface area contributed by atoms with Gasteiger partial charge in [-0.25, -0.2) is 17.5 Å². The fourth-order valence-electron chi connectivity index (χ4n) is 3.10. The Morgan fingerprint density at radius 2 is 1.88 bits per heavy atom. The molecule has 0 unspecified atom stereocenters. The van der Waals surface area contributed by atoms with Crippen LogP contribution >= 0.6 is 0 Å². The number of hydrogen-bond acceptors (Lipinski definition) is 6. The zero-order valence-electron chi connectivity index (χ0n) is 18.0. The lowest BCUT2D eigenvalue weighted by atomic mass is 10.1. The molecule has 1 N–H and O–H groups in total. The number of ether oxygens (including phenoxy) is 2. The lowest BCUT2D eigenvalue weighted by molar-refractivity contribution is 0.0981. The Morgan fingerprint density at radius 3 is 2.61 bits per heavy atom. The van der Waals surface area contributed by atoms with Crippen LogP contribution in [0.15, 0.2) is 60.8 Å². The normalized spacial score (nSPS) is 13.4. The third kappa shape index (κ3) is 6.52. The van der Waals surface area contributed by atoms with Gasteiger partial charge in [-0.1, -0.05) is 18.2 Å². The van der Waals surface area contributed by atoms with E-state index >= 15 is 0 Å². The molecule has 0 radical (unpaired) electrons. The first-order valence-electron chi connectivity index (χ1n) is 10.4. The number of rotatable bonds is 9. The molecule has 1 amide bonds. The van der Waals surface area contributed by atoms with Gasteiger partial charge in [0.2, 0.25) is 10.0 Å². The molecule has 1 fully saturated rings.